The number of aryl methyl sites for hydroxylation is 2. The van der Waals surface area contributed by atoms with E-state index in [1.165, 1.54) is 0 Å². The van der Waals surface area contributed by atoms with Crippen LogP contribution in [0.3, 0.4) is 0 Å². The molecule has 2 aromatic rings. The van der Waals surface area contributed by atoms with E-state index >= 15 is 0 Å². The van der Waals surface area contributed by atoms with Crippen molar-refractivity contribution >= 4 is 17.5 Å². The SMILES string of the molecule is C=CCNC(=O)c1cccc(C(=O)Nc2c(C)cccc2CC)c1. The zero-order valence-electron chi connectivity index (χ0n) is 14.1. The van der Waals surface area contributed by atoms with Crippen LogP contribution in [0.2, 0.25) is 0 Å². The summed E-state index contributed by atoms with van der Waals surface area (Å²) in [5.74, 6) is -0.452. The van der Waals surface area contributed by atoms with Crippen molar-refractivity contribution in [2.24, 2.45) is 0 Å². The molecule has 2 amide bonds. The van der Waals surface area contributed by atoms with Gasteiger partial charge >= 0.3 is 0 Å². The summed E-state index contributed by atoms with van der Waals surface area (Å²) in [5, 5.41) is 5.67. The molecule has 124 valence electrons. The lowest BCUT2D eigenvalue weighted by atomic mass is 10.0. The molecule has 0 saturated carbocycles. The first-order chi connectivity index (χ1) is 11.6. The van der Waals surface area contributed by atoms with Crippen LogP contribution in [0.25, 0.3) is 0 Å². The Labute approximate surface area is 142 Å². The topological polar surface area (TPSA) is 58.2 Å². The molecule has 0 aromatic heterocycles. The Balaban J connectivity index is 2.22. The largest absolute Gasteiger partial charge is 0.349 e. The molecule has 0 saturated heterocycles. The van der Waals surface area contributed by atoms with Crippen molar-refractivity contribution < 1.29 is 9.59 Å². The van der Waals surface area contributed by atoms with E-state index in [0.717, 1.165) is 23.2 Å². The Morgan fingerprint density at radius 3 is 2.42 bits per heavy atom. The normalized spacial score (nSPS) is 10.1. The molecule has 0 radical (unpaired) electrons. The number of benzene rings is 2. The first-order valence-corrected chi connectivity index (χ1v) is 7.95. The number of nitrogens with one attached hydrogen (secondary N) is 2. The van der Waals surface area contributed by atoms with Gasteiger partial charge in [0.05, 0.1) is 0 Å². The predicted molar refractivity (Wildman–Crippen MR) is 97.5 cm³/mol. The molecule has 4 nitrogen and oxygen atoms in total. The molecule has 0 aliphatic rings. The Morgan fingerprint density at radius 1 is 1.08 bits per heavy atom. The second-order valence-corrected chi connectivity index (χ2v) is 5.50. The molecule has 0 aliphatic heterocycles. The zero-order chi connectivity index (χ0) is 17.5. The van der Waals surface area contributed by atoms with Gasteiger partial charge in [0.1, 0.15) is 0 Å². The number of rotatable bonds is 6. The number of para-hydroxylation sites is 1. The average Bonchev–Trinajstić information content (AvgIpc) is 2.61. The number of amides is 2. The van der Waals surface area contributed by atoms with Crippen LogP contribution in [0.1, 0.15) is 38.8 Å². The number of anilines is 1. The summed E-state index contributed by atoms with van der Waals surface area (Å²) in [5.41, 5.74) is 3.84. The lowest BCUT2D eigenvalue weighted by Gasteiger charge is -2.13. The molecule has 0 unspecified atom stereocenters. The number of carbonyl (C=O) groups is 2. The predicted octanol–water partition coefficient (Wildman–Crippen LogP) is 3.73. The molecule has 24 heavy (non-hydrogen) atoms. The van der Waals surface area contributed by atoms with Crippen LogP contribution in [0.5, 0.6) is 0 Å². The molecular formula is C20H22N2O2. The first kappa shape index (κ1) is 17.5. The van der Waals surface area contributed by atoms with Crippen LogP contribution in [0.15, 0.2) is 55.1 Å². The first-order valence-electron chi connectivity index (χ1n) is 7.95. The van der Waals surface area contributed by atoms with Gasteiger partial charge < -0.3 is 10.6 Å². The van der Waals surface area contributed by atoms with Crippen molar-refractivity contribution in [1.82, 2.24) is 5.32 Å². The molecule has 0 atom stereocenters. The Morgan fingerprint density at radius 2 is 1.75 bits per heavy atom. The van der Waals surface area contributed by atoms with Crippen LogP contribution < -0.4 is 10.6 Å². The Hall–Kier alpha value is -2.88. The van der Waals surface area contributed by atoms with Crippen molar-refractivity contribution in [2.45, 2.75) is 20.3 Å². The summed E-state index contributed by atoms with van der Waals surface area (Å²) in [6.07, 6.45) is 2.44. The fourth-order valence-electron chi connectivity index (χ4n) is 2.46. The fourth-order valence-corrected chi connectivity index (χ4v) is 2.46. The summed E-state index contributed by atoms with van der Waals surface area (Å²) in [7, 11) is 0. The molecule has 4 heteroatoms. The van der Waals surface area contributed by atoms with Crippen LogP contribution >= 0.6 is 0 Å². The summed E-state index contributed by atoms with van der Waals surface area (Å²) in [6, 6.07) is 12.6. The maximum absolute atomic E-state index is 12.6. The molecule has 0 fully saturated rings. The van der Waals surface area contributed by atoms with Gasteiger partial charge in [0, 0.05) is 23.4 Å². The van der Waals surface area contributed by atoms with Gasteiger partial charge in [0.25, 0.3) is 11.8 Å². The van der Waals surface area contributed by atoms with Gasteiger partial charge in [-0.1, -0.05) is 37.3 Å². The standard InChI is InChI=1S/C20H22N2O2/c1-4-12-21-19(23)16-10-7-11-17(13-16)20(24)22-18-14(3)8-6-9-15(18)5-2/h4,6-11,13H,1,5,12H2,2-3H3,(H,21,23)(H,22,24). The minimum Gasteiger partial charge on any atom is -0.349 e. The summed E-state index contributed by atoms with van der Waals surface area (Å²) in [6.45, 7) is 7.97. The molecule has 0 spiro atoms. The summed E-state index contributed by atoms with van der Waals surface area (Å²) >= 11 is 0. The highest BCUT2D eigenvalue weighted by Crippen LogP contribution is 2.22. The highest BCUT2D eigenvalue weighted by atomic mass is 16.2. The third kappa shape index (κ3) is 4.10. The van der Waals surface area contributed by atoms with E-state index in [1.807, 2.05) is 25.1 Å². The van der Waals surface area contributed by atoms with Gasteiger partial charge in [-0.25, -0.2) is 0 Å². The highest BCUT2D eigenvalue weighted by Gasteiger charge is 2.13. The smallest absolute Gasteiger partial charge is 0.255 e. The van der Waals surface area contributed by atoms with E-state index in [0.29, 0.717) is 17.7 Å². The van der Waals surface area contributed by atoms with Crippen molar-refractivity contribution in [3.63, 3.8) is 0 Å². The zero-order valence-corrected chi connectivity index (χ0v) is 14.1. The van der Waals surface area contributed by atoms with Gasteiger partial charge in [0.2, 0.25) is 0 Å². The molecule has 2 N–H and O–H groups in total. The molecule has 2 aromatic carbocycles. The Kier molecular flexibility index (Phi) is 5.90. The number of carbonyl (C=O) groups excluding carboxylic acids is 2. The highest BCUT2D eigenvalue weighted by molar-refractivity contribution is 6.06. The van der Waals surface area contributed by atoms with E-state index in [4.69, 9.17) is 0 Å². The van der Waals surface area contributed by atoms with E-state index in [2.05, 4.69) is 24.1 Å². The van der Waals surface area contributed by atoms with Crippen molar-refractivity contribution in [1.29, 1.82) is 0 Å². The monoisotopic (exact) mass is 322 g/mol. The molecule has 0 aliphatic carbocycles. The van der Waals surface area contributed by atoms with Gasteiger partial charge in [0.15, 0.2) is 0 Å². The summed E-state index contributed by atoms with van der Waals surface area (Å²) in [4.78, 5) is 24.6. The number of hydrogen-bond donors (Lipinski definition) is 2. The van der Waals surface area contributed by atoms with E-state index in [9.17, 15) is 9.59 Å². The van der Waals surface area contributed by atoms with Crippen molar-refractivity contribution in [2.75, 3.05) is 11.9 Å². The van der Waals surface area contributed by atoms with Crippen LogP contribution in [0.4, 0.5) is 5.69 Å². The molecule has 2 rings (SSSR count). The minimum absolute atomic E-state index is 0.225. The number of hydrogen-bond acceptors (Lipinski definition) is 2. The van der Waals surface area contributed by atoms with Crippen LogP contribution in [-0.4, -0.2) is 18.4 Å². The van der Waals surface area contributed by atoms with Gasteiger partial charge in [-0.05, 0) is 42.7 Å². The van der Waals surface area contributed by atoms with Crippen molar-refractivity contribution in [3.8, 4) is 0 Å². The fraction of sp³-hybridized carbons (Fsp3) is 0.200. The van der Waals surface area contributed by atoms with E-state index < -0.39 is 0 Å². The van der Waals surface area contributed by atoms with Gasteiger partial charge in [-0.2, -0.15) is 0 Å². The van der Waals surface area contributed by atoms with Crippen LogP contribution in [0, 0.1) is 6.92 Å². The third-order valence-electron chi connectivity index (χ3n) is 3.77. The van der Waals surface area contributed by atoms with E-state index in [-0.39, 0.29) is 11.8 Å². The molecular weight excluding hydrogens is 300 g/mol. The van der Waals surface area contributed by atoms with Gasteiger partial charge in [-0.15, -0.1) is 6.58 Å². The lowest BCUT2D eigenvalue weighted by Crippen LogP contribution is -2.23. The third-order valence-corrected chi connectivity index (χ3v) is 3.77. The van der Waals surface area contributed by atoms with E-state index in [1.54, 1.807) is 30.3 Å². The minimum atomic E-state index is -0.227. The van der Waals surface area contributed by atoms with Crippen molar-refractivity contribution in [3.05, 3.63) is 77.4 Å². The molecule has 0 heterocycles. The lowest BCUT2D eigenvalue weighted by molar-refractivity contribution is 0.0958. The van der Waals surface area contributed by atoms with Crippen LogP contribution in [-0.2, 0) is 6.42 Å². The maximum Gasteiger partial charge on any atom is 0.255 e. The average molecular weight is 322 g/mol. The maximum atomic E-state index is 12.6. The second kappa shape index (κ2) is 8.11. The molecule has 0 bridgehead atoms. The van der Waals surface area contributed by atoms with Gasteiger partial charge in [-0.3, -0.25) is 9.59 Å². The second-order valence-electron chi connectivity index (χ2n) is 5.50. The Bertz CT molecular complexity index is 766. The quantitative estimate of drug-likeness (QED) is 0.796. The summed E-state index contributed by atoms with van der Waals surface area (Å²) < 4.78 is 0.